The summed E-state index contributed by atoms with van der Waals surface area (Å²) < 4.78 is 15.5. The first-order valence-electron chi connectivity index (χ1n) is 5.34. The van der Waals surface area contributed by atoms with Crippen molar-refractivity contribution in [2.75, 3.05) is 5.32 Å². The second kappa shape index (κ2) is 4.73. The molecule has 0 radical (unpaired) electrons. The van der Waals surface area contributed by atoms with Gasteiger partial charge in [0, 0.05) is 18.7 Å². The smallest absolute Gasteiger partial charge is 0.147 e. The molecule has 0 amide bonds. The summed E-state index contributed by atoms with van der Waals surface area (Å²) >= 11 is 4.80. The van der Waals surface area contributed by atoms with Gasteiger partial charge in [0.1, 0.15) is 16.6 Å². The van der Waals surface area contributed by atoms with E-state index < -0.39 is 5.82 Å². The molecule has 1 heterocycles. The number of rotatable bonds is 3. The highest BCUT2D eigenvalue weighted by atomic mass is 32.1. The average molecular weight is 264 g/mol. The topological polar surface area (TPSA) is 55.9 Å². The van der Waals surface area contributed by atoms with Crippen molar-refractivity contribution in [3.05, 3.63) is 41.3 Å². The lowest BCUT2D eigenvalue weighted by Gasteiger charge is -2.08. The summed E-state index contributed by atoms with van der Waals surface area (Å²) in [5.74, 6) is 0.314. The predicted molar refractivity (Wildman–Crippen MR) is 73.5 cm³/mol. The van der Waals surface area contributed by atoms with Crippen LogP contribution in [0, 0.1) is 12.7 Å². The van der Waals surface area contributed by atoms with Gasteiger partial charge in [0.05, 0.1) is 11.4 Å². The van der Waals surface area contributed by atoms with Gasteiger partial charge in [0.2, 0.25) is 0 Å². The Morgan fingerprint density at radius 2 is 2.17 bits per heavy atom. The summed E-state index contributed by atoms with van der Waals surface area (Å²) in [5.41, 5.74) is 7.17. The van der Waals surface area contributed by atoms with Gasteiger partial charge in [-0.3, -0.25) is 4.68 Å². The van der Waals surface area contributed by atoms with Crippen molar-refractivity contribution in [2.45, 2.75) is 6.92 Å². The quantitative estimate of drug-likeness (QED) is 0.835. The van der Waals surface area contributed by atoms with Gasteiger partial charge < -0.3 is 11.1 Å². The number of thiocarbonyl (C=S) groups is 1. The maximum Gasteiger partial charge on any atom is 0.147 e. The Balaban J connectivity index is 2.30. The van der Waals surface area contributed by atoms with E-state index in [9.17, 15) is 4.39 Å². The van der Waals surface area contributed by atoms with E-state index in [1.165, 1.54) is 6.07 Å². The molecule has 4 nitrogen and oxygen atoms in total. The Hall–Kier alpha value is -1.95. The van der Waals surface area contributed by atoms with Crippen LogP contribution in [0.5, 0.6) is 0 Å². The van der Waals surface area contributed by atoms with Gasteiger partial charge in [-0.2, -0.15) is 5.10 Å². The molecule has 0 bridgehead atoms. The minimum Gasteiger partial charge on any atom is -0.389 e. The number of hydrogen-bond donors (Lipinski definition) is 2. The number of aromatic nitrogens is 2. The van der Waals surface area contributed by atoms with Crippen LogP contribution in [-0.4, -0.2) is 14.8 Å². The van der Waals surface area contributed by atoms with E-state index in [0.29, 0.717) is 11.3 Å². The molecule has 0 saturated heterocycles. The average Bonchev–Trinajstić information content (AvgIpc) is 2.60. The number of hydrogen-bond acceptors (Lipinski definition) is 3. The third kappa shape index (κ3) is 2.48. The Labute approximate surface area is 110 Å². The van der Waals surface area contributed by atoms with Gasteiger partial charge >= 0.3 is 0 Å². The first kappa shape index (κ1) is 12.5. The van der Waals surface area contributed by atoms with Crippen molar-refractivity contribution in [1.29, 1.82) is 0 Å². The van der Waals surface area contributed by atoms with Crippen molar-refractivity contribution in [2.24, 2.45) is 12.8 Å². The van der Waals surface area contributed by atoms with Crippen LogP contribution in [0.4, 0.5) is 15.9 Å². The van der Waals surface area contributed by atoms with Gasteiger partial charge in [0.25, 0.3) is 0 Å². The van der Waals surface area contributed by atoms with Crippen molar-refractivity contribution in [3.8, 4) is 0 Å². The Morgan fingerprint density at radius 3 is 2.67 bits per heavy atom. The molecule has 1 aromatic heterocycles. The van der Waals surface area contributed by atoms with Crippen LogP contribution >= 0.6 is 12.2 Å². The van der Waals surface area contributed by atoms with Gasteiger partial charge in [-0.15, -0.1) is 0 Å². The first-order chi connectivity index (χ1) is 8.47. The van der Waals surface area contributed by atoms with Gasteiger partial charge in [-0.25, -0.2) is 4.39 Å². The highest BCUT2D eigenvalue weighted by Crippen LogP contribution is 2.21. The largest absolute Gasteiger partial charge is 0.389 e. The third-order valence-electron chi connectivity index (χ3n) is 2.52. The molecule has 0 aliphatic carbocycles. The summed E-state index contributed by atoms with van der Waals surface area (Å²) in [4.78, 5) is 0.178. The van der Waals surface area contributed by atoms with E-state index in [2.05, 4.69) is 10.4 Å². The standard InChI is InChI=1S/C12H13FN4S/c1-7-5-11(17(2)16-7)15-10-4-3-8(12(14)18)6-9(10)13/h3-6,15H,1-2H3,(H2,14,18). The summed E-state index contributed by atoms with van der Waals surface area (Å²) in [5, 5.41) is 7.14. The molecule has 1 aromatic carbocycles. The fourth-order valence-electron chi connectivity index (χ4n) is 1.64. The van der Waals surface area contributed by atoms with Crippen LogP contribution < -0.4 is 11.1 Å². The van der Waals surface area contributed by atoms with Crippen molar-refractivity contribution in [3.63, 3.8) is 0 Å². The maximum atomic E-state index is 13.8. The second-order valence-electron chi connectivity index (χ2n) is 3.98. The minimum atomic E-state index is -0.404. The first-order valence-corrected chi connectivity index (χ1v) is 5.75. The zero-order valence-corrected chi connectivity index (χ0v) is 10.9. The molecule has 0 aliphatic heterocycles. The van der Waals surface area contributed by atoms with E-state index in [4.69, 9.17) is 18.0 Å². The number of nitrogens with zero attached hydrogens (tertiary/aromatic N) is 2. The molecule has 2 aromatic rings. The predicted octanol–water partition coefficient (Wildman–Crippen LogP) is 2.25. The van der Waals surface area contributed by atoms with Crippen LogP contribution in [0.1, 0.15) is 11.3 Å². The molecular formula is C12H13FN4S. The summed E-state index contributed by atoms with van der Waals surface area (Å²) in [6.45, 7) is 1.87. The highest BCUT2D eigenvalue weighted by molar-refractivity contribution is 7.80. The van der Waals surface area contributed by atoms with Crippen molar-refractivity contribution >= 4 is 28.7 Å². The molecule has 94 valence electrons. The molecule has 0 fully saturated rings. The molecule has 0 unspecified atom stereocenters. The molecular weight excluding hydrogens is 251 g/mol. The maximum absolute atomic E-state index is 13.8. The molecule has 2 rings (SSSR count). The monoisotopic (exact) mass is 264 g/mol. The highest BCUT2D eigenvalue weighted by Gasteiger charge is 2.08. The van der Waals surface area contributed by atoms with Crippen molar-refractivity contribution < 1.29 is 4.39 Å². The van der Waals surface area contributed by atoms with E-state index in [1.807, 2.05) is 13.0 Å². The number of aryl methyl sites for hydroxylation is 2. The lowest BCUT2D eigenvalue weighted by molar-refractivity contribution is 0.631. The zero-order chi connectivity index (χ0) is 13.3. The SMILES string of the molecule is Cc1cc(Nc2ccc(C(N)=S)cc2F)n(C)n1. The van der Waals surface area contributed by atoms with Crippen molar-refractivity contribution in [1.82, 2.24) is 9.78 Å². The lowest BCUT2D eigenvalue weighted by atomic mass is 10.2. The summed E-state index contributed by atoms with van der Waals surface area (Å²) in [6.07, 6.45) is 0. The van der Waals surface area contributed by atoms with Crippen LogP contribution in [-0.2, 0) is 7.05 Å². The number of benzene rings is 1. The second-order valence-corrected chi connectivity index (χ2v) is 4.42. The van der Waals surface area contributed by atoms with Crippen LogP contribution in [0.15, 0.2) is 24.3 Å². The molecule has 6 heteroatoms. The third-order valence-corrected chi connectivity index (χ3v) is 2.75. The van der Waals surface area contributed by atoms with E-state index in [0.717, 1.165) is 11.5 Å². The fraction of sp³-hybridized carbons (Fsp3) is 0.167. The number of nitrogens with one attached hydrogen (secondary N) is 1. The molecule has 0 saturated carbocycles. The molecule has 0 aliphatic rings. The van der Waals surface area contributed by atoms with E-state index in [1.54, 1.807) is 23.9 Å². The van der Waals surface area contributed by atoms with Crippen LogP contribution in [0.3, 0.4) is 0 Å². The van der Waals surface area contributed by atoms with E-state index >= 15 is 0 Å². The number of nitrogens with two attached hydrogens (primary N) is 1. The number of halogens is 1. The van der Waals surface area contributed by atoms with Crippen LogP contribution in [0.25, 0.3) is 0 Å². The normalized spacial score (nSPS) is 10.4. The fourth-order valence-corrected chi connectivity index (χ4v) is 1.76. The Kier molecular flexibility index (Phi) is 3.29. The van der Waals surface area contributed by atoms with E-state index in [-0.39, 0.29) is 4.99 Å². The molecule has 0 atom stereocenters. The van der Waals surface area contributed by atoms with Gasteiger partial charge in [-0.05, 0) is 25.1 Å². The lowest BCUT2D eigenvalue weighted by Crippen LogP contribution is -2.10. The molecule has 0 spiro atoms. The van der Waals surface area contributed by atoms with Gasteiger partial charge in [0.15, 0.2) is 0 Å². The summed E-state index contributed by atoms with van der Waals surface area (Å²) in [7, 11) is 1.79. The summed E-state index contributed by atoms with van der Waals surface area (Å²) in [6, 6.07) is 6.43. The Morgan fingerprint density at radius 1 is 1.44 bits per heavy atom. The zero-order valence-electron chi connectivity index (χ0n) is 10.1. The number of anilines is 2. The molecule has 18 heavy (non-hydrogen) atoms. The minimum absolute atomic E-state index is 0.178. The Bertz CT molecular complexity index is 606. The van der Waals surface area contributed by atoms with Gasteiger partial charge in [-0.1, -0.05) is 12.2 Å². The molecule has 3 N–H and O–H groups in total. The van der Waals surface area contributed by atoms with Crippen LogP contribution in [0.2, 0.25) is 0 Å².